The van der Waals surface area contributed by atoms with Gasteiger partial charge in [0.2, 0.25) is 0 Å². The minimum atomic E-state index is 0.523. The molecule has 130 valence electrons. The molecule has 1 aliphatic heterocycles. The molecule has 0 aliphatic carbocycles. The van der Waals surface area contributed by atoms with Crippen molar-refractivity contribution in [1.29, 1.82) is 0 Å². The summed E-state index contributed by atoms with van der Waals surface area (Å²) in [6.07, 6.45) is 2.95. The summed E-state index contributed by atoms with van der Waals surface area (Å²) < 4.78 is 0. The van der Waals surface area contributed by atoms with Crippen LogP contribution in [-0.2, 0) is 0 Å². The zero-order valence-corrected chi connectivity index (χ0v) is 14.7. The number of rotatable bonds is 4. The largest absolute Gasteiger partial charge is 0.354 e. The molecular weight excluding hydrogens is 312 g/mol. The monoisotopic (exact) mass is 336 g/mol. The van der Waals surface area contributed by atoms with Crippen LogP contribution in [0.1, 0.15) is 20.3 Å². The highest BCUT2D eigenvalue weighted by atomic mass is 15.2. The van der Waals surface area contributed by atoms with Gasteiger partial charge in [0.25, 0.3) is 0 Å². The maximum atomic E-state index is 4.89. The Balaban J connectivity index is 1.61. The average molecular weight is 336 g/mol. The normalized spacial score (nSPS) is 18.2. The minimum absolute atomic E-state index is 0.523. The zero-order valence-electron chi connectivity index (χ0n) is 14.7. The molecule has 1 aliphatic rings. The quantitative estimate of drug-likeness (QED) is 0.767. The van der Waals surface area contributed by atoms with Crippen LogP contribution in [0.5, 0.6) is 0 Å². The summed E-state index contributed by atoms with van der Waals surface area (Å²) >= 11 is 0. The number of anilines is 1. The molecule has 3 aromatic heterocycles. The number of hydrogen-bond acceptors (Lipinski definition) is 5. The highest BCUT2D eigenvalue weighted by Gasteiger charge is 2.21. The molecule has 4 rings (SSSR count). The predicted octanol–water partition coefficient (Wildman–Crippen LogP) is 2.84. The van der Waals surface area contributed by atoms with Crippen LogP contribution in [0.25, 0.3) is 22.4 Å². The second-order valence-corrected chi connectivity index (χ2v) is 7.08. The summed E-state index contributed by atoms with van der Waals surface area (Å²) in [4.78, 5) is 11.6. The van der Waals surface area contributed by atoms with Crippen LogP contribution in [0.2, 0.25) is 0 Å². The van der Waals surface area contributed by atoms with E-state index in [4.69, 9.17) is 4.98 Å². The van der Waals surface area contributed by atoms with E-state index in [1.54, 1.807) is 6.20 Å². The summed E-state index contributed by atoms with van der Waals surface area (Å²) in [5.74, 6) is 1.72. The van der Waals surface area contributed by atoms with Gasteiger partial charge in [-0.05, 0) is 36.6 Å². The number of piperazine rings is 1. The number of aromatic amines is 1. The lowest BCUT2D eigenvalue weighted by atomic mass is 10.0. The fourth-order valence-electron chi connectivity index (χ4n) is 3.54. The number of H-pyrrole nitrogens is 1. The maximum absolute atomic E-state index is 4.89. The van der Waals surface area contributed by atoms with Gasteiger partial charge in [-0.1, -0.05) is 19.9 Å². The molecule has 1 atom stereocenters. The maximum Gasteiger partial charge on any atom is 0.155 e. The van der Waals surface area contributed by atoms with E-state index in [-0.39, 0.29) is 0 Å². The van der Waals surface area contributed by atoms with Gasteiger partial charge in [-0.2, -0.15) is 5.10 Å². The van der Waals surface area contributed by atoms with Crippen LogP contribution >= 0.6 is 0 Å². The summed E-state index contributed by atoms with van der Waals surface area (Å²) in [5, 5.41) is 12.0. The van der Waals surface area contributed by atoms with E-state index >= 15 is 0 Å². The van der Waals surface area contributed by atoms with Gasteiger partial charge in [0.05, 0.1) is 5.69 Å². The number of aromatic nitrogens is 4. The van der Waals surface area contributed by atoms with Crippen LogP contribution in [0, 0.1) is 5.92 Å². The molecule has 0 radical (unpaired) electrons. The van der Waals surface area contributed by atoms with Crippen LogP contribution < -0.4 is 10.2 Å². The number of hydrogen-bond donors (Lipinski definition) is 2. The van der Waals surface area contributed by atoms with Crippen molar-refractivity contribution in [2.75, 3.05) is 24.5 Å². The molecule has 4 heterocycles. The van der Waals surface area contributed by atoms with Gasteiger partial charge in [0.15, 0.2) is 5.65 Å². The fraction of sp³-hybridized carbons (Fsp3) is 0.421. The number of nitrogens with one attached hydrogen (secondary N) is 2. The van der Waals surface area contributed by atoms with Crippen molar-refractivity contribution in [3.05, 3.63) is 36.5 Å². The van der Waals surface area contributed by atoms with Gasteiger partial charge in [0.1, 0.15) is 11.5 Å². The predicted molar refractivity (Wildman–Crippen MR) is 101 cm³/mol. The summed E-state index contributed by atoms with van der Waals surface area (Å²) in [5.41, 5.74) is 2.54. The lowest BCUT2D eigenvalue weighted by Gasteiger charge is -2.35. The van der Waals surface area contributed by atoms with Crippen LogP contribution in [0.4, 0.5) is 5.82 Å². The number of fused-ring (bicyclic) bond motifs is 1. The Hall–Kier alpha value is -2.47. The Bertz CT molecular complexity index is 856. The van der Waals surface area contributed by atoms with Crippen molar-refractivity contribution >= 4 is 16.9 Å². The molecule has 1 fully saturated rings. The zero-order chi connectivity index (χ0) is 17.2. The first-order valence-corrected chi connectivity index (χ1v) is 8.95. The van der Waals surface area contributed by atoms with E-state index in [0.29, 0.717) is 12.0 Å². The Morgan fingerprint density at radius 2 is 2.16 bits per heavy atom. The lowest BCUT2D eigenvalue weighted by molar-refractivity contribution is 0.387. The Morgan fingerprint density at radius 3 is 3.04 bits per heavy atom. The molecule has 0 amide bonds. The van der Waals surface area contributed by atoms with Gasteiger partial charge in [-0.3, -0.25) is 5.10 Å². The smallest absolute Gasteiger partial charge is 0.155 e. The van der Waals surface area contributed by atoms with E-state index in [1.165, 1.54) is 6.42 Å². The second kappa shape index (κ2) is 6.80. The average Bonchev–Trinajstić information content (AvgIpc) is 3.06. The summed E-state index contributed by atoms with van der Waals surface area (Å²) in [6, 6.07) is 10.6. The van der Waals surface area contributed by atoms with Crippen LogP contribution in [-0.4, -0.2) is 45.8 Å². The second-order valence-electron chi connectivity index (χ2n) is 7.08. The molecule has 0 saturated carbocycles. The van der Waals surface area contributed by atoms with E-state index in [2.05, 4.69) is 51.4 Å². The molecule has 2 N–H and O–H groups in total. The highest BCUT2D eigenvalue weighted by molar-refractivity contribution is 5.89. The molecule has 0 spiro atoms. The van der Waals surface area contributed by atoms with Crippen molar-refractivity contribution in [2.45, 2.75) is 26.3 Å². The van der Waals surface area contributed by atoms with Crippen molar-refractivity contribution in [3.63, 3.8) is 0 Å². The molecule has 6 heteroatoms. The van der Waals surface area contributed by atoms with Crippen LogP contribution in [0.15, 0.2) is 36.5 Å². The van der Waals surface area contributed by atoms with Crippen molar-refractivity contribution in [3.8, 4) is 11.4 Å². The number of nitrogens with zero attached hydrogens (tertiary/aromatic N) is 4. The first-order valence-electron chi connectivity index (χ1n) is 8.95. The molecule has 1 saturated heterocycles. The summed E-state index contributed by atoms with van der Waals surface area (Å²) in [7, 11) is 0. The Morgan fingerprint density at radius 1 is 1.24 bits per heavy atom. The first kappa shape index (κ1) is 16.0. The SMILES string of the molecule is CC(C)CC1CN(c2cccc(-c3n[nH]c4ncccc34)n2)CCN1. The molecule has 6 nitrogen and oxygen atoms in total. The van der Waals surface area contributed by atoms with Crippen LogP contribution in [0.3, 0.4) is 0 Å². The minimum Gasteiger partial charge on any atom is -0.354 e. The van der Waals surface area contributed by atoms with Gasteiger partial charge in [-0.15, -0.1) is 0 Å². The molecule has 0 bridgehead atoms. The first-order chi connectivity index (χ1) is 12.2. The third-order valence-corrected chi connectivity index (χ3v) is 4.65. The molecular formula is C19H24N6. The lowest BCUT2D eigenvalue weighted by Crippen LogP contribution is -2.51. The van der Waals surface area contributed by atoms with Gasteiger partial charge in [0, 0.05) is 37.3 Å². The third-order valence-electron chi connectivity index (χ3n) is 4.65. The van der Waals surface area contributed by atoms with Crippen molar-refractivity contribution in [2.24, 2.45) is 5.92 Å². The van der Waals surface area contributed by atoms with Crippen molar-refractivity contribution in [1.82, 2.24) is 25.5 Å². The van der Waals surface area contributed by atoms with E-state index < -0.39 is 0 Å². The molecule has 0 aromatic carbocycles. The Kier molecular flexibility index (Phi) is 4.36. The molecule has 1 unspecified atom stereocenters. The Labute approximate surface area is 147 Å². The topological polar surface area (TPSA) is 69.7 Å². The third kappa shape index (κ3) is 3.35. The molecule has 3 aromatic rings. The van der Waals surface area contributed by atoms with E-state index in [9.17, 15) is 0 Å². The highest BCUT2D eigenvalue weighted by Crippen LogP contribution is 2.26. The van der Waals surface area contributed by atoms with E-state index in [1.807, 2.05) is 18.2 Å². The standard InChI is InChI=1S/C19H24N6/c1-13(2)11-14-12-25(10-9-20-14)17-7-3-6-16(22-17)18-15-5-4-8-21-19(15)24-23-18/h3-8,13-14,20H,9-12H2,1-2H3,(H,21,23,24). The van der Waals surface area contributed by atoms with Gasteiger partial charge < -0.3 is 10.2 Å². The molecule has 25 heavy (non-hydrogen) atoms. The number of pyridine rings is 2. The van der Waals surface area contributed by atoms with Gasteiger partial charge >= 0.3 is 0 Å². The van der Waals surface area contributed by atoms with E-state index in [0.717, 1.165) is 47.9 Å². The van der Waals surface area contributed by atoms with Crippen molar-refractivity contribution < 1.29 is 0 Å². The van der Waals surface area contributed by atoms with Gasteiger partial charge in [-0.25, -0.2) is 9.97 Å². The fourth-order valence-corrected chi connectivity index (χ4v) is 3.54. The summed E-state index contributed by atoms with van der Waals surface area (Å²) in [6.45, 7) is 7.52.